The van der Waals surface area contributed by atoms with Gasteiger partial charge in [-0.15, -0.1) is 12.4 Å². The Morgan fingerprint density at radius 1 is 1.47 bits per heavy atom. The van der Waals surface area contributed by atoms with Crippen molar-refractivity contribution in [3.63, 3.8) is 0 Å². The molecule has 19 heavy (non-hydrogen) atoms. The summed E-state index contributed by atoms with van der Waals surface area (Å²) in [6.07, 6.45) is 4.45. The van der Waals surface area contributed by atoms with Gasteiger partial charge in [0, 0.05) is 44.7 Å². The number of methoxy groups -OCH3 is 1. The van der Waals surface area contributed by atoms with Crippen LogP contribution in [-0.4, -0.2) is 42.2 Å². The van der Waals surface area contributed by atoms with Gasteiger partial charge in [0.15, 0.2) is 0 Å². The van der Waals surface area contributed by atoms with E-state index in [0.717, 1.165) is 31.6 Å². The average molecular weight is 286 g/mol. The van der Waals surface area contributed by atoms with E-state index in [0.29, 0.717) is 18.7 Å². The van der Waals surface area contributed by atoms with Gasteiger partial charge in [0.2, 0.25) is 0 Å². The summed E-state index contributed by atoms with van der Waals surface area (Å²) in [5.74, 6) is 0. The van der Waals surface area contributed by atoms with E-state index in [-0.39, 0.29) is 12.4 Å². The first-order valence-electron chi connectivity index (χ1n) is 6.61. The van der Waals surface area contributed by atoms with Gasteiger partial charge in [-0.2, -0.15) is 0 Å². The number of pyridine rings is 1. The number of nitrogens with two attached hydrogens (primary N) is 1. The van der Waals surface area contributed by atoms with Gasteiger partial charge in [-0.05, 0) is 31.4 Å². The monoisotopic (exact) mass is 285 g/mol. The van der Waals surface area contributed by atoms with E-state index in [1.807, 2.05) is 13.1 Å². The fourth-order valence-corrected chi connectivity index (χ4v) is 2.56. The molecule has 0 aliphatic carbocycles. The molecule has 108 valence electrons. The molecule has 2 unspecified atom stereocenters. The van der Waals surface area contributed by atoms with Gasteiger partial charge in [-0.25, -0.2) is 0 Å². The molecule has 4 nitrogen and oxygen atoms in total. The maximum absolute atomic E-state index is 5.88. The van der Waals surface area contributed by atoms with Crippen molar-refractivity contribution in [2.45, 2.75) is 38.5 Å². The highest BCUT2D eigenvalue weighted by molar-refractivity contribution is 5.85. The van der Waals surface area contributed by atoms with Crippen molar-refractivity contribution in [3.8, 4) is 0 Å². The minimum atomic E-state index is 0. The molecule has 2 rings (SSSR count). The molecule has 1 aliphatic heterocycles. The smallest absolute Gasteiger partial charge is 0.0599 e. The average Bonchev–Trinajstić information content (AvgIpc) is 2.41. The number of aryl methyl sites for hydroxylation is 1. The van der Waals surface area contributed by atoms with Crippen LogP contribution in [0.15, 0.2) is 18.3 Å². The van der Waals surface area contributed by atoms with E-state index in [1.165, 1.54) is 5.56 Å². The molecule has 2 N–H and O–H groups in total. The molecule has 1 aliphatic rings. The third kappa shape index (κ3) is 4.42. The molecule has 0 amide bonds. The summed E-state index contributed by atoms with van der Waals surface area (Å²) in [5.41, 5.74) is 8.20. The molecule has 2 heterocycles. The van der Waals surface area contributed by atoms with Crippen LogP contribution in [0, 0.1) is 6.92 Å². The molecule has 0 bridgehead atoms. The zero-order valence-corrected chi connectivity index (χ0v) is 12.5. The van der Waals surface area contributed by atoms with Gasteiger partial charge in [-0.3, -0.25) is 9.88 Å². The van der Waals surface area contributed by atoms with Gasteiger partial charge in [-0.1, -0.05) is 6.07 Å². The van der Waals surface area contributed by atoms with Crippen molar-refractivity contribution in [1.29, 1.82) is 0 Å². The lowest BCUT2D eigenvalue weighted by molar-refractivity contribution is 0.0102. The fourth-order valence-electron chi connectivity index (χ4n) is 2.56. The molecule has 2 atom stereocenters. The Balaban J connectivity index is 0.00000180. The molecule has 1 aromatic heterocycles. The number of hydrogen-bond acceptors (Lipinski definition) is 4. The zero-order chi connectivity index (χ0) is 13.0. The predicted octanol–water partition coefficient (Wildman–Crippen LogP) is 1.75. The minimum absolute atomic E-state index is 0. The number of aromatic nitrogens is 1. The molecule has 0 saturated carbocycles. The molecule has 0 aromatic carbocycles. The van der Waals surface area contributed by atoms with E-state index in [2.05, 4.69) is 22.0 Å². The second kappa shape index (κ2) is 7.80. The fraction of sp³-hybridized carbons (Fsp3) is 0.643. The van der Waals surface area contributed by atoms with Crippen molar-refractivity contribution in [1.82, 2.24) is 9.88 Å². The quantitative estimate of drug-likeness (QED) is 0.916. The number of piperidine rings is 1. The maximum atomic E-state index is 5.88. The number of rotatable bonds is 4. The zero-order valence-electron chi connectivity index (χ0n) is 11.7. The highest BCUT2D eigenvalue weighted by Gasteiger charge is 2.27. The second-order valence-electron chi connectivity index (χ2n) is 5.05. The Kier molecular flexibility index (Phi) is 6.72. The minimum Gasteiger partial charge on any atom is -0.381 e. The van der Waals surface area contributed by atoms with Crippen LogP contribution in [0.3, 0.4) is 0 Å². The molecular formula is C14H24ClN3O. The largest absolute Gasteiger partial charge is 0.381 e. The third-order valence-corrected chi connectivity index (χ3v) is 3.75. The molecule has 1 fully saturated rings. The van der Waals surface area contributed by atoms with Gasteiger partial charge in [0.1, 0.15) is 0 Å². The standard InChI is InChI=1S/C14H23N3O.ClH/c1-11-3-4-12(9-16-11)10-17-6-5-14(18-2)7-13(17)8-15;/h3-4,9,13-14H,5-8,10,15H2,1-2H3;1H. The summed E-state index contributed by atoms with van der Waals surface area (Å²) >= 11 is 0. The second-order valence-corrected chi connectivity index (χ2v) is 5.05. The third-order valence-electron chi connectivity index (χ3n) is 3.75. The lowest BCUT2D eigenvalue weighted by Crippen LogP contribution is -2.47. The molecule has 1 aromatic rings. The Labute approximate surface area is 121 Å². The van der Waals surface area contributed by atoms with E-state index in [9.17, 15) is 0 Å². The van der Waals surface area contributed by atoms with Gasteiger partial charge < -0.3 is 10.5 Å². The van der Waals surface area contributed by atoms with Crippen LogP contribution in [-0.2, 0) is 11.3 Å². The lowest BCUT2D eigenvalue weighted by Gasteiger charge is -2.38. The summed E-state index contributed by atoms with van der Waals surface area (Å²) in [6.45, 7) is 4.69. The molecular weight excluding hydrogens is 262 g/mol. The Morgan fingerprint density at radius 3 is 2.84 bits per heavy atom. The van der Waals surface area contributed by atoms with Gasteiger partial charge >= 0.3 is 0 Å². The molecule has 0 spiro atoms. The number of likely N-dealkylation sites (tertiary alicyclic amines) is 1. The van der Waals surface area contributed by atoms with Crippen LogP contribution in [0.4, 0.5) is 0 Å². The van der Waals surface area contributed by atoms with E-state index in [1.54, 1.807) is 7.11 Å². The number of hydrogen-bond donors (Lipinski definition) is 1. The van der Waals surface area contributed by atoms with Gasteiger partial charge in [0.05, 0.1) is 6.10 Å². The highest BCUT2D eigenvalue weighted by atomic mass is 35.5. The first kappa shape index (κ1) is 16.4. The Hall–Kier alpha value is -0.680. The first-order valence-corrected chi connectivity index (χ1v) is 6.61. The lowest BCUT2D eigenvalue weighted by atomic mass is 9.98. The Bertz CT molecular complexity index is 371. The Morgan fingerprint density at radius 2 is 2.26 bits per heavy atom. The first-order chi connectivity index (χ1) is 8.72. The predicted molar refractivity (Wildman–Crippen MR) is 79.5 cm³/mol. The SMILES string of the molecule is COC1CCN(Cc2ccc(C)nc2)C(CN)C1.Cl. The summed E-state index contributed by atoms with van der Waals surface area (Å²) in [6, 6.07) is 4.64. The highest BCUT2D eigenvalue weighted by Crippen LogP contribution is 2.21. The van der Waals surface area contributed by atoms with Crippen LogP contribution in [0.5, 0.6) is 0 Å². The number of halogens is 1. The van der Waals surface area contributed by atoms with Crippen molar-refractivity contribution < 1.29 is 4.74 Å². The van der Waals surface area contributed by atoms with Crippen LogP contribution >= 0.6 is 12.4 Å². The summed E-state index contributed by atoms with van der Waals surface area (Å²) < 4.78 is 5.44. The normalized spacial score (nSPS) is 23.9. The van der Waals surface area contributed by atoms with Crippen molar-refractivity contribution >= 4 is 12.4 Å². The maximum Gasteiger partial charge on any atom is 0.0599 e. The van der Waals surface area contributed by atoms with Crippen molar-refractivity contribution in [2.75, 3.05) is 20.2 Å². The summed E-state index contributed by atoms with van der Waals surface area (Å²) in [7, 11) is 1.79. The van der Waals surface area contributed by atoms with E-state index < -0.39 is 0 Å². The summed E-state index contributed by atoms with van der Waals surface area (Å²) in [5, 5.41) is 0. The van der Waals surface area contributed by atoms with Crippen molar-refractivity contribution in [2.24, 2.45) is 5.73 Å². The van der Waals surface area contributed by atoms with Gasteiger partial charge in [0.25, 0.3) is 0 Å². The van der Waals surface area contributed by atoms with E-state index in [4.69, 9.17) is 10.5 Å². The van der Waals surface area contributed by atoms with Crippen LogP contribution in [0.1, 0.15) is 24.1 Å². The van der Waals surface area contributed by atoms with Crippen molar-refractivity contribution in [3.05, 3.63) is 29.6 Å². The number of nitrogens with zero attached hydrogens (tertiary/aromatic N) is 2. The van der Waals surface area contributed by atoms with Crippen LogP contribution < -0.4 is 5.73 Å². The molecule has 5 heteroatoms. The topological polar surface area (TPSA) is 51.4 Å². The van der Waals surface area contributed by atoms with Crippen LogP contribution in [0.2, 0.25) is 0 Å². The number of ether oxygens (including phenoxy) is 1. The molecule has 1 saturated heterocycles. The van der Waals surface area contributed by atoms with E-state index >= 15 is 0 Å². The summed E-state index contributed by atoms with van der Waals surface area (Å²) in [4.78, 5) is 6.79. The molecule has 0 radical (unpaired) electrons. The van der Waals surface area contributed by atoms with Crippen LogP contribution in [0.25, 0.3) is 0 Å².